The summed E-state index contributed by atoms with van der Waals surface area (Å²) in [5.74, 6) is 0. The predicted molar refractivity (Wildman–Crippen MR) is 81.2 cm³/mol. The average molecular weight is 266 g/mol. The van der Waals surface area contributed by atoms with Gasteiger partial charge < -0.3 is 9.84 Å². The van der Waals surface area contributed by atoms with Gasteiger partial charge in [-0.1, -0.05) is 45.1 Å². The zero-order valence-electron chi connectivity index (χ0n) is 12.8. The van der Waals surface area contributed by atoms with Gasteiger partial charge in [-0.2, -0.15) is 0 Å². The second kappa shape index (κ2) is 8.55. The Kier molecular flexibility index (Phi) is 7.40. The molecule has 0 heterocycles. The minimum Gasteiger partial charge on any atom is -0.390 e. The molecule has 0 spiro atoms. The third-order valence-electron chi connectivity index (χ3n) is 3.24. The molecule has 110 valence electrons. The van der Waals surface area contributed by atoms with E-state index in [2.05, 4.69) is 45.1 Å². The SMILES string of the molecule is CC(C)(C)COC1CC/C=C\CC/C=C\CCC1O. The average Bonchev–Trinajstić information content (AvgIpc) is 2.31. The van der Waals surface area contributed by atoms with Crippen LogP contribution in [0.3, 0.4) is 0 Å². The maximum absolute atomic E-state index is 10.3. The summed E-state index contributed by atoms with van der Waals surface area (Å²) in [5.41, 5.74) is 0.152. The molecule has 2 unspecified atom stereocenters. The molecule has 1 N–H and O–H groups in total. The maximum atomic E-state index is 10.3. The van der Waals surface area contributed by atoms with Gasteiger partial charge in [-0.15, -0.1) is 0 Å². The fourth-order valence-electron chi connectivity index (χ4n) is 2.12. The summed E-state index contributed by atoms with van der Waals surface area (Å²) in [7, 11) is 0. The molecule has 2 heteroatoms. The highest BCUT2D eigenvalue weighted by Crippen LogP contribution is 2.19. The molecule has 0 amide bonds. The zero-order valence-corrected chi connectivity index (χ0v) is 12.8. The second-order valence-electron chi connectivity index (χ2n) is 6.65. The Morgan fingerprint density at radius 2 is 1.47 bits per heavy atom. The summed E-state index contributed by atoms with van der Waals surface area (Å²) in [6.45, 7) is 7.19. The van der Waals surface area contributed by atoms with Gasteiger partial charge in [0.25, 0.3) is 0 Å². The third kappa shape index (κ3) is 8.22. The smallest absolute Gasteiger partial charge is 0.0837 e. The molecule has 1 aliphatic rings. The van der Waals surface area contributed by atoms with Gasteiger partial charge in [0, 0.05) is 0 Å². The highest BCUT2D eigenvalue weighted by Gasteiger charge is 2.21. The van der Waals surface area contributed by atoms with Crippen LogP contribution >= 0.6 is 0 Å². The van der Waals surface area contributed by atoms with Crippen LogP contribution in [-0.2, 0) is 4.74 Å². The Bertz CT molecular complexity index is 286. The molecular weight excluding hydrogens is 236 g/mol. The van der Waals surface area contributed by atoms with E-state index in [9.17, 15) is 5.11 Å². The van der Waals surface area contributed by atoms with Crippen LogP contribution in [0.5, 0.6) is 0 Å². The Morgan fingerprint density at radius 3 is 2.05 bits per heavy atom. The first-order valence-corrected chi connectivity index (χ1v) is 7.59. The van der Waals surface area contributed by atoms with Crippen LogP contribution in [0.25, 0.3) is 0 Å². The fraction of sp³-hybridized carbons (Fsp3) is 0.765. The normalized spacial score (nSPS) is 30.1. The van der Waals surface area contributed by atoms with Crippen LogP contribution in [0, 0.1) is 5.41 Å². The highest BCUT2D eigenvalue weighted by molar-refractivity contribution is 4.90. The molecule has 0 aromatic heterocycles. The number of aliphatic hydroxyl groups excluding tert-OH is 1. The van der Waals surface area contributed by atoms with E-state index in [1.54, 1.807) is 0 Å². The largest absolute Gasteiger partial charge is 0.390 e. The number of allylic oxidation sites excluding steroid dienone is 4. The van der Waals surface area contributed by atoms with Crippen LogP contribution in [0.15, 0.2) is 24.3 Å². The van der Waals surface area contributed by atoms with Gasteiger partial charge in [0.2, 0.25) is 0 Å². The molecule has 1 aliphatic carbocycles. The maximum Gasteiger partial charge on any atom is 0.0837 e. The predicted octanol–water partition coefficient (Wildman–Crippen LogP) is 4.25. The first kappa shape index (κ1) is 16.5. The zero-order chi connectivity index (χ0) is 14.1. The van der Waals surface area contributed by atoms with Crippen molar-refractivity contribution in [3.8, 4) is 0 Å². The van der Waals surface area contributed by atoms with E-state index in [0.717, 1.165) is 38.5 Å². The third-order valence-corrected chi connectivity index (χ3v) is 3.24. The highest BCUT2D eigenvalue weighted by atomic mass is 16.5. The van der Waals surface area contributed by atoms with Crippen LogP contribution in [0.2, 0.25) is 0 Å². The second-order valence-corrected chi connectivity index (χ2v) is 6.65. The van der Waals surface area contributed by atoms with Crippen molar-refractivity contribution in [2.45, 2.75) is 71.5 Å². The number of rotatable bonds is 2. The molecule has 0 fully saturated rings. The molecule has 1 rings (SSSR count). The molecule has 0 bridgehead atoms. The molecule has 0 aromatic carbocycles. The molecule has 0 saturated heterocycles. The van der Waals surface area contributed by atoms with Crippen LogP contribution < -0.4 is 0 Å². The van der Waals surface area contributed by atoms with E-state index in [0.29, 0.717) is 6.61 Å². The number of hydrogen-bond acceptors (Lipinski definition) is 2. The quantitative estimate of drug-likeness (QED) is 0.757. The van der Waals surface area contributed by atoms with Crippen molar-refractivity contribution in [1.29, 1.82) is 0 Å². The minimum atomic E-state index is -0.347. The first-order valence-electron chi connectivity index (χ1n) is 7.59. The van der Waals surface area contributed by atoms with Crippen molar-refractivity contribution in [3.05, 3.63) is 24.3 Å². The van der Waals surface area contributed by atoms with Crippen molar-refractivity contribution in [2.24, 2.45) is 5.41 Å². The molecule has 0 saturated carbocycles. The van der Waals surface area contributed by atoms with E-state index >= 15 is 0 Å². The van der Waals surface area contributed by atoms with Gasteiger partial charge in [0.15, 0.2) is 0 Å². The minimum absolute atomic E-state index is 0.0308. The molecule has 2 nitrogen and oxygen atoms in total. The van der Waals surface area contributed by atoms with E-state index in [4.69, 9.17) is 4.74 Å². The Balaban J connectivity index is 2.52. The van der Waals surface area contributed by atoms with Crippen molar-refractivity contribution in [2.75, 3.05) is 6.61 Å². The van der Waals surface area contributed by atoms with Gasteiger partial charge >= 0.3 is 0 Å². The lowest BCUT2D eigenvalue weighted by atomic mass is 9.97. The summed E-state index contributed by atoms with van der Waals surface area (Å²) < 4.78 is 5.96. The van der Waals surface area contributed by atoms with E-state index < -0.39 is 0 Å². The molecule has 0 radical (unpaired) electrons. The molecular formula is C17H30O2. The van der Waals surface area contributed by atoms with Crippen LogP contribution in [0.1, 0.15) is 59.3 Å². The Hall–Kier alpha value is -0.600. The summed E-state index contributed by atoms with van der Waals surface area (Å²) in [4.78, 5) is 0. The lowest BCUT2D eigenvalue weighted by molar-refractivity contribution is -0.0654. The Labute approximate surface area is 118 Å². The van der Waals surface area contributed by atoms with Gasteiger partial charge in [-0.05, 0) is 43.9 Å². The van der Waals surface area contributed by atoms with E-state index in [1.807, 2.05) is 0 Å². The van der Waals surface area contributed by atoms with Crippen LogP contribution in [-0.4, -0.2) is 23.9 Å². The lowest BCUT2D eigenvalue weighted by Gasteiger charge is -2.27. The van der Waals surface area contributed by atoms with Gasteiger partial charge in [0.05, 0.1) is 18.8 Å². The Morgan fingerprint density at radius 1 is 0.947 bits per heavy atom. The van der Waals surface area contributed by atoms with Crippen LogP contribution in [0.4, 0.5) is 0 Å². The van der Waals surface area contributed by atoms with E-state index in [1.165, 1.54) is 0 Å². The van der Waals surface area contributed by atoms with Crippen molar-refractivity contribution in [3.63, 3.8) is 0 Å². The fourth-order valence-corrected chi connectivity index (χ4v) is 2.12. The number of aliphatic hydroxyl groups is 1. The monoisotopic (exact) mass is 266 g/mol. The summed E-state index contributed by atoms with van der Waals surface area (Å²) >= 11 is 0. The summed E-state index contributed by atoms with van der Waals surface area (Å²) in [6.07, 6.45) is 14.3. The molecule has 0 aliphatic heterocycles. The van der Waals surface area contributed by atoms with Gasteiger partial charge in [0.1, 0.15) is 0 Å². The first-order chi connectivity index (χ1) is 8.99. The molecule has 19 heavy (non-hydrogen) atoms. The topological polar surface area (TPSA) is 29.5 Å². The lowest BCUT2D eigenvalue weighted by Crippen LogP contribution is -2.32. The van der Waals surface area contributed by atoms with E-state index in [-0.39, 0.29) is 17.6 Å². The number of ether oxygens (including phenoxy) is 1. The summed E-state index contributed by atoms with van der Waals surface area (Å²) in [6, 6.07) is 0. The number of hydrogen-bond donors (Lipinski definition) is 1. The van der Waals surface area contributed by atoms with Gasteiger partial charge in [-0.25, -0.2) is 0 Å². The molecule has 2 atom stereocenters. The molecule has 0 aromatic rings. The van der Waals surface area contributed by atoms with Crippen molar-refractivity contribution < 1.29 is 9.84 Å². The van der Waals surface area contributed by atoms with Crippen molar-refractivity contribution >= 4 is 0 Å². The standard InChI is InChI=1S/C17H30O2/c1-17(2,3)14-19-16-13-11-9-7-5-4-6-8-10-12-15(16)18/h6-9,15-16,18H,4-5,10-14H2,1-3H3/b8-6-,9-7-. The van der Waals surface area contributed by atoms with Gasteiger partial charge in [-0.3, -0.25) is 0 Å². The summed E-state index contributed by atoms with van der Waals surface area (Å²) in [5, 5.41) is 10.3. The van der Waals surface area contributed by atoms with Crippen molar-refractivity contribution in [1.82, 2.24) is 0 Å².